The zero-order valence-corrected chi connectivity index (χ0v) is 14.7. The fourth-order valence-corrected chi connectivity index (χ4v) is 2.62. The topological polar surface area (TPSA) is 26.3 Å². The van der Waals surface area contributed by atoms with Crippen LogP contribution in [0.4, 0.5) is 0 Å². The maximum Gasteiger partial charge on any atom is 0.343 e. The first kappa shape index (κ1) is 19.5. The molecule has 0 N–H and O–H groups in total. The third-order valence-electron chi connectivity index (χ3n) is 4.06. The average molecular weight is 316 g/mol. The van der Waals surface area contributed by atoms with E-state index in [2.05, 4.69) is 13.5 Å². The van der Waals surface area contributed by atoms with Crippen LogP contribution < -0.4 is 0 Å². The van der Waals surface area contributed by atoms with Crippen LogP contribution in [0.2, 0.25) is 0 Å². The van der Waals surface area contributed by atoms with Gasteiger partial charge in [0.2, 0.25) is 0 Å². The smallest absolute Gasteiger partial charge is 0.343 e. The third kappa shape index (κ3) is 9.93. The number of ether oxygens (including phenoxy) is 1. The van der Waals surface area contributed by atoms with Crippen molar-refractivity contribution in [2.45, 2.75) is 77.6 Å². The highest BCUT2D eigenvalue weighted by Gasteiger charge is 2.07. The highest BCUT2D eigenvalue weighted by molar-refractivity contribution is 5.89. The second-order valence-electron chi connectivity index (χ2n) is 6.23. The molecule has 0 spiro atoms. The summed E-state index contributed by atoms with van der Waals surface area (Å²) in [5.41, 5.74) is 0.580. The summed E-state index contributed by atoms with van der Waals surface area (Å²) < 4.78 is 5.29. The van der Waals surface area contributed by atoms with Crippen molar-refractivity contribution in [3.8, 4) is 0 Å². The number of allylic oxidation sites excluding steroid dienone is 1. The molecule has 0 bridgehead atoms. The van der Waals surface area contributed by atoms with Crippen molar-refractivity contribution < 1.29 is 9.53 Å². The van der Waals surface area contributed by atoms with Crippen molar-refractivity contribution in [3.63, 3.8) is 0 Å². The zero-order valence-electron chi connectivity index (χ0n) is 14.7. The number of esters is 1. The molecule has 1 aromatic carbocycles. The summed E-state index contributed by atoms with van der Waals surface area (Å²) in [6.07, 6.45) is 13.8. The van der Waals surface area contributed by atoms with E-state index in [4.69, 9.17) is 4.74 Å². The van der Waals surface area contributed by atoms with Crippen molar-refractivity contribution >= 4 is 5.97 Å². The van der Waals surface area contributed by atoms with Gasteiger partial charge < -0.3 is 4.74 Å². The third-order valence-corrected chi connectivity index (χ3v) is 4.06. The van der Waals surface area contributed by atoms with Gasteiger partial charge in [-0.05, 0) is 18.6 Å². The molecule has 0 fully saturated rings. The van der Waals surface area contributed by atoms with Crippen LogP contribution in [0, 0.1) is 0 Å². The summed E-state index contributed by atoms with van der Waals surface area (Å²) in [6.45, 7) is 6.11. The van der Waals surface area contributed by atoms with Crippen LogP contribution in [0.1, 0.15) is 87.9 Å². The Morgan fingerprint density at radius 2 is 1.39 bits per heavy atom. The second-order valence-corrected chi connectivity index (χ2v) is 6.23. The van der Waals surface area contributed by atoms with Gasteiger partial charge in [0.25, 0.3) is 0 Å². The monoisotopic (exact) mass is 316 g/mol. The SMILES string of the molecule is C=C(CCCCCCCCCCCC)OC(=O)c1ccccc1. The Morgan fingerprint density at radius 3 is 1.96 bits per heavy atom. The van der Waals surface area contributed by atoms with E-state index in [0.29, 0.717) is 11.3 Å². The van der Waals surface area contributed by atoms with Gasteiger partial charge in [0.15, 0.2) is 0 Å². The molecule has 0 amide bonds. The van der Waals surface area contributed by atoms with Crippen molar-refractivity contribution in [3.05, 3.63) is 48.2 Å². The number of hydrogen-bond donors (Lipinski definition) is 0. The van der Waals surface area contributed by atoms with E-state index in [1.165, 1.54) is 57.8 Å². The van der Waals surface area contributed by atoms with Crippen molar-refractivity contribution in [1.82, 2.24) is 0 Å². The van der Waals surface area contributed by atoms with Crippen LogP contribution in [-0.2, 0) is 4.74 Å². The van der Waals surface area contributed by atoms with E-state index in [9.17, 15) is 4.79 Å². The van der Waals surface area contributed by atoms with Crippen molar-refractivity contribution in [1.29, 1.82) is 0 Å². The van der Waals surface area contributed by atoms with Gasteiger partial charge in [0.1, 0.15) is 5.76 Å². The number of carbonyl (C=O) groups is 1. The highest BCUT2D eigenvalue weighted by Crippen LogP contribution is 2.14. The molecule has 0 aliphatic rings. The van der Waals surface area contributed by atoms with Crippen LogP contribution in [0.3, 0.4) is 0 Å². The van der Waals surface area contributed by atoms with Crippen LogP contribution in [0.25, 0.3) is 0 Å². The fraction of sp³-hybridized carbons (Fsp3) is 0.571. The normalized spacial score (nSPS) is 10.5. The molecule has 0 unspecified atom stereocenters. The molecule has 128 valence electrons. The molecule has 0 heterocycles. The minimum atomic E-state index is -0.303. The Hall–Kier alpha value is -1.57. The lowest BCUT2D eigenvalue weighted by Gasteiger charge is -2.07. The number of benzene rings is 1. The molecule has 2 nitrogen and oxygen atoms in total. The molecule has 1 rings (SSSR count). The Morgan fingerprint density at radius 1 is 0.870 bits per heavy atom. The minimum Gasteiger partial charge on any atom is -0.428 e. The quantitative estimate of drug-likeness (QED) is 0.231. The molecule has 0 atom stereocenters. The number of rotatable bonds is 13. The van der Waals surface area contributed by atoms with Crippen molar-refractivity contribution in [2.24, 2.45) is 0 Å². The van der Waals surface area contributed by atoms with Gasteiger partial charge in [-0.3, -0.25) is 0 Å². The summed E-state index contributed by atoms with van der Waals surface area (Å²) in [6, 6.07) is 9.07. The Labute approximate surface area is 141 Å². The molecular formula is C21H32O2. The maximum absolute atomic E-state index is 11.9. The van der Waals surface area contributed by atoms with Crippen LogP contribution in [0.5, 0.6) is 0 Å². The first-order chi connectivity index (χ1) is 11.2. The molecular weight excluding hydrogens is 284 g/mol. The number of unbranched alkanes of at least 4 members (excludes halogenated alkanes) is 9. The molecule has 0 saturated heterocycles. The molecule has 2 heteroatoms. The summed E-state index contributed by atoms with van der Waals surface area (Å²) in [5.74, 6) is 0.279. The van der Waals surface area contributed by atoms with Crippen LogP contribution in [-0.4, -0.2) is 5.97 Å². The minimum absolute atomic E-state index is 0.303. The predicted octanol–water partition coefficient (Wildman–Crippen LogP) is 6.67. The predicted molar refractivity (Wildman–Crippen MR) is 97.5 cm³/mol. The van der Waals surface area contributed by atoms with Gasteiger partial charge >= 0.3 is 5.97 Å². The molecule has 0 aliphatic heterocycles. The van der Waals surface area contributed by atoms with E-state index >= 15 is 0 Å². The number of hydrogen-bond acceptors (Lipinski definition) is 2. The largest absolute Gasteiger partial charge is 0.428 e. The summed E-state index contributed by atoms with van der Waals surface area (Å²) in [7, 11) is 0. The van der Waals surface area contributed by atoms with E-state index in [1.807, 2.05) is 18.2 Å². The first-order valence-electron chi connectivity index (χ1n) is 9.19. The van der Waals surface area contributed by atoms with Gasteiger partial charge in [-0.25, -0.2) is 4.79 Å². The second kappa shape index (κ2) is 12.9. The molecule has 23 heavy (non-hydrogen) atoms. The average Bonchev–Trinajstić information content (AvgIpc) is 2.57. The molecule has 0 radical (unpaired) electrons. The van der Waals surface area contributed by atoms with Gasteiger partial charge in [-0.2, -0.15) is 0 Å². The van der Waals surface area contributed by atoms with E-state index in [-0.39, 0.29) is 5.97 Å². The van der Waals surface area contributed by atoms with E-state index in [0.717, 1.165) is 12.8 Å². The molecule has 0 aromatic heterocycles. The van der Waals surface area contributed by atoms with E-state index < -0.39 is 0 Å². The Kier molecular flexibility index (Phi) is 10.9. The Bertz CT molecular complexity index is 436. The maximum atomic E-state index is 11.9. The molecule has 1 aromatic rings. The van der Waals surface area contributed by atoms with Crippen molar-refractivity contribution in [2.75, 3.05) is 0 Å². The fourth-order valence-electron chi connectivity index (χ4n) is 2.62. The number of carbonyl (C=O) groups excluding carboxylic acids is 1. The van der Waals surface area contributed by atoms with Crippen LogP contribution >= 0.6 is 0 Å². The molecule has 0 saturated carbocycles. The summed E-state index contributed by atoms with van der Waals surface area (Å²) >= 11 is 0. The first-order valence-corrected chi connectivity index (χ1v) is 9.19. The van der Waals surface area contributed by atoms with Gasteiger partial charge in [0.05, 0.1) is 5.56 Å². The lowest BCUT2D eigenvalue weighted by molar-refractivity contribution is 0.0614. The Balaban J connectivity index is 1.97. The van der Waals surface area contributed by atoms with Crippen LogP contribution in [0.15, 0.2) is 42.7 Å². The molecule has 0 aliphatic carbocycles. The highest BCUT2D eigenvalue weighted by atomic mass is 16.5. The lowest BCUT2D eigenvalue weighted by atomic mass is 10.1. The summed E-state index contributed by atoms with van der Waals surface area (Å²) in [5, 5.41) is 0. The summed E-state index contributed by atoms with van der Waals surface area (Å²) in [4.78, 5) is 11.9. The van der Waals surface area contributed by atoms with Gasteiger partial charge in [0, 0.05) is 6.42 Å². The van der Waals surface area contributed by atoms with Gasteiger partial charge in [-0.15, -0.1) is 0 Å². The van der Waals surface area contributed by atoms with Gasteiger partial charge in [-0.1, -0.05) is 89.5 Å². The van der Waals surface area contributed by atoms with E-state index in [1.54, 1.807) is 12.1 Å². The lowest BCUT2D eigenvalue weighted by Crippen LogP contribution is -2.04. The zero-order chi connectivity index (χ0) is 16.8. The standard InChI is InChI=1S/C21H32O2/c1-3-4-5-6-7-8-9-10-11-13-16-19(2)23-21(22)20-17-14-12-15-18-20/h12,14-15,17-18H,2-11,13,16H2,1H3.